The molecule has 2 N–H and O–H groups in total. The molecule has 0 aliphatic heterocycles. The number of aromatic amines is 1. The molecule has 0 aliphatic carbocycles. The van der Waals surface area contributed by atoms with E-state index in [2.05, 4.69) is 20.2 Å². The highest BCUT2D eigenvalue weighted by Gasteiger charge is 2.10. The first-order chi connectivity index (χ1) is 12.7. The number of methoxy groups -OCH3 is 1. The Balaban J connectivity index is 1.68. The highest BCUT2D eigenvalue weighted by molar-refractivity contribution is 5.81. The van der Waals surface area contributed by atoms with Gasteiger partial charge in [-0.15, -0.1) is 0 Å². The molecule has 1 heterocycles. The predicted molar refractivity (Wildman–Crippen MR) is 100 cm³/mol. The lowest BCUT2D eigenvalue weighted by atomic mass is 10.1. The van der Waals surface area contributed by atoms with Crippen LogP contribution >= 0.6 is 0 Å². The minimum atomic E-state index is 0.129. The number of fused-ring (bicyclic) bond motifs is 1. The van der Waals surface area contributed by atoms with E-state index in [-0.39, 0.29) is 5.75 Å². The van der Waals surface area contributed by atoms with Crippen LogP contribution < -0.4 is 4.74 Å². The molecule has 0 spiro atoms. The normalized spacial score (nSPS) is 11.3. The van der Waals surface area contributed by atoms with Crippen molar-refractivity contribution in [3.05, 3.63) is 66.7 Å². The molecule has 0 fully saturated rings. The molecule has 0 bridgehead atoms. The van der Waals surface area contributed by atoms with Crippen molar-refractivity contribution in [2.75, 3.05) is 7.11 Å². The van der Waals surface area contributed by atoms with E-state index in [4.69, 9.17) is 4.74 Å². The summed E-state index contributed by atoms with van der Waals surface area (Å²) in [6.45, 7) is 0. The van der Waals surface area contributed by atoms with Gasteiger partial charge in [0.1, 0.15) is 17.3 Å². The van der Waals surface area contributed by atoms with E-state index >= 15 is 0 Å². The number of benzene rings is 3. The highest BCUT2D eigenvalue weighted by atomic mass is 16.5. The Bertz CT molecular complexity index is 1070. The molecule has 4 rings (SSSR count). The van der Waals surface area contributed by atoms with E-state index in [0.717, 1.165) is 16.8 Å². The van der Waals surface area contributed by atoms with Crippen molar-refractivity contribution in [2.45, 2.75) is 0 Å². The number of azo groups is 1. The molecule has 0 unspecified atom stereocenters. The standard InChI is InChI=1S/C20H16N4O2/c1-26-15-6-4-5-13(11-15)23-24-14-9-10-19(25)16(12-14)20-21-17-7-2-3-8-18(17)22-20/h2-12,25H,1H3,(H,21,22). The number of ether oxygens (including phenoxy) is 1. The zero-order chi connectivity index (χ0) is 17.9. The van der Waals surface area contributed by atoms with E-state index in [1.165, 1.54) is 0 Å². The number of nitrogens with zero attached hydrogens (tertiary/aromatic N) is 3. The van der Waals surface area contributed by atoms with Gasteiger partial charge in [0.25, 0.3) is 0 Å². The molecule has 0 saturated carbocycles. The summed E-state index contributed by atoms with van der Waals surface area (Å²) in [5.74, 6) is 1.43. The highest BCUT2D eigenvalue weighted by Crippen LogP contribution is 2.33. The number of aromatic nitrogens is 2. The average Bonchev–Trinajstić information content (AvgIpc) is 3.11. The fourth-order valence-corrected chi connectivity index (χ4v) is 2.64. The fraction of sp³-hybridized carbons (Fsp3) is 0.0500. The number of imidazole rings is 1. The number of nitrogens with one attached hydrogen (secondary N) is 1. The van der Waals surface area contributed by atoms with Gasteiger partial charge in [-0.2, -0.15) is 10.2 Å². The number of hydrogen-bond acceptors (Lipinski definition) is 5. The summed E-state index contributed by atoms with van der Waals surface area (Å²) in [7, 11) is 1.61. The van der Waals surface area contributed by atoms with Crippen LogP contribution in [0.15, 0.2) is 77.0 Å². The summed E-state index contributed by atoms with van der Waals surface area (Å²) in [5.41, 5.74) is 3.61. The van der Waals surface area contributed by atoms with Crippen molar-refractivity contribution in [1.29, 1.82) is 0 Å². The topological polar surface area (TPSA) is 82.9 Å². The molecular formula is C20H16N4O2. The third-order valence-corrected chi connectivity index (χ3v) is 3.96. The monoisotopic (exact) mass is 344 g/mol. The van der Waals surface area contributed by atoms with Crippen LogP contribution in [0, 0.1) is 0 Å². The van der Waals surface area contributed by atoms with Gasteiger partial charge < -0.3 is 14.8 Å². The Kier molecular flexibility index (Phi) is 4.07. The molecule has 0 atom stereocenters. The first-order valence-electron chi connectivity index (χ1n) is 8.07. The third kappa shape index (κ3) is 3.12. The van der Waals surface area contributed by atoms with E-state index in [1.807, 2.05) is 42.5 Å². The van der Waals surface area contributed by atoms with Crippen molar-refractivity contribution in [1.82, 2.24) is 9.97 Å². The number of aromatic hydroxyl groups is 1. The third-order valence-electron chi connectivity index (χ3n) is 3.96. The van der Waals surface area contributed by atoms with Gasteiger partial charge >= 0.3 is 0 Å². The molecule has 0 aliphatic rings. The van der Waals surface area contributed by atoms with Crippen molar-refractivity contribution < 1.29 is 9.84 Å². The van der Waals surface area contributed by atoms with Crippen LogP contribution in [0.1, 0.15) is 0 Å². The Morgan fingerprint density at radius 2 is 1.73 bits per heavy atom. The molecule has 6 heteroatoms. The second-order valence-electron chi connectivity index (χ2n) is 5.71. The Morgan fingerprint density at radius 3 is 2.54 bits per heavy atom. The summed E-state index contributed by atoms with van der Waals surface area (Å²) in [5, 5.41) is 18.7. The smallest absolute Gasteiger partial charge is 0.142 e. The van der Waals surface area contributed by atoms with Gasteiger partial charge in [0.05, 0.1) is 35.1 Å². The first-order valence-corrected chi connectivity index (χ1v) is 8.07. The van der Waals surface area contributed by atoms with Crippen molar-refractivity contribution in [3.63, 3.8) is 0 Å². The largest absolute Gasteiger partial charge is 0.507 e. The first kappa shape index (κ1) is 15.8. The van der Waals surface area contributed by atoms with Crippen molar-refractivity contribution in [3.8, 4) is 22.9 Å². The van der Waals surface area contributed by atoms with Crippen LogP contribution in [0.3, 0.4) is 0 Å². The quantitative estimate of drug-likeness (QED) is 0.489. The maximum atomic E-state index is 10.2. The second kappa shape index (κ2) is 6.68. The SMILES string of the molecule is COc1cccc(N=Nc2ccc(O)c(-c3nc4ccccc4[nH]3)c2)c1. The zero-order valence-corrected chi connectivity index (χ0v) is 14.0. The van der Waals surface area contributed by atoms with Gasteiger partial charge in [-0.1, -0.05) is 18.2 Å². The van der Waals surface area contributed by atoms with Gasteiger partial charge in [0, 0.05) is 6.07 Å². The van der Waals surface area contributed by atoms with Gasteiger partial charge in [0.2, 0.25) is 0 Å². The molecule has 0 amide bonds. The summed E-state index contributed by atoms with van der Waals surface area (Å²) >= 11 is 0. The van der Waals surface area contributed by atoms with Gasteiger partial charge in [-0.3, -0.25) is 0 Å². The van der Waals surface area contributed by atoms with Crippen LogP contribution in [-0.2, 0) is 0 Å². The van der Waals surface area contributed by atoms with E-state index < -0.39 is 0 Å². The second-order valence-corrected chi connectivity index (χ2v) is 5.71. The van der Waals surface area contributed by atoms with Crippen LogP contribution in [0.5, 0.6) is 11.5 Å². The van der Waals surface area contributed by atoms with Gasteiger partial charge in [0.15, 0.2) is 0 Å². The van der Waals surface area contributed by atoms with E-state index in [0.29, 0.717) is 22.8 Å². The van der Waals surface area contributed by atoms with E-state index in [9.17, 15) is 5.11 Å². The minimum Gasteiger partial charge on any atom is -0.507 e. The molecule has 0 saturated heterocycles. The number of H-pyrrole nitrogens is 1. The number of para-hydroxylation sites is 2. The molecule has 3 aromatic carbocycles. The van der Waals surface area contributed by atoms with Gasteiger partial charge in [-0.05, 0) is 42.5 Å². The van der Waals surface area contributed by atoms with Crippen molar-refractivity contribution >= 4 is 22.4 Å². The Labute approximate surface area is 149 Å². The maximum absolute atomic E-state index is 10.2. The average molecular weight is 344 g/mol. The molecule has 0 radical (unpaired) electrons. The molecular weight excluding hydrogens is 328 g/mol. The van der Waals surface area contributed by atoms with E-state index in [1.54, 1.807) is 31.4 Å². The van der Waals surface area contributed by atoms with Crippen LogP contribution in [0.2, 0.25) is 0 Å². The zero-order valence-electron chi connectivity index (χ0n) is 14.0. The summed E-state index contributed by atoms with van der Waals surface area (Å²) < 4.78 is 5.18. The molecule has 6 nitrogen and oxygen atoms in total. The lowest BCUT2D eigenvalue weighted by molar-refractivity contribution is 0.415. The van der Waals surface area contributed by atoms with Crippen molar-refractivity contribution in [2.24, 2.45) is 10.2 Å². The summed E-state index contributed by atoms with van der Waals surface area (Å²) in [6, 6.07) is 20.1. The molecule has 1 aromatic heterocycles. The lowest BCUT2D eigenvalue weighted by Crippen LogP contribution is -1.81. The number of phenols is 1. The van der Waals surface area contributed by atoms with Crippen LogP contribution in [0.25, 0.3) is 22.4 Å². The molecule has 26 heavy (non-hydrogen) atoms. The molecule has 128 valence electrons. The summed E-state index contributed by atoms with van der Waals surface area (Å²) in [6.07, 6.45) is 0. The maximum Gasteiger partial charge on any atom is 0.142 e. The van der Waals surface area contributed by atoms with Crippen LogP contribution in [-0.4, -0.2) is 22.2 Å². The molecule has 4 aromatic rings. The number of phenolic OH excluding ortho intramolecular Hbond substituents is 1. The predicted octanol–water partition coefficient (Wildman–Crippen LogP) is 5.36. The number of rotatable bonds is 4. The summed E-state index contributed by atoms with van der Waals surface area (Å²) in [4.78, 5) is 7.73. The number of hydrogen-bond donors (Lipinski definition) is 2. The Hall–Kier alpha value is -3.67. The Morgan fingerprint density at radius 1 is 0.923 bits per heavy atom. The minimum absolute atomic E-state index is 0.129. The fourth-order valence-electron chi connectivity index (χ4n) is 2.64. The lowest BCUT2D eigenvalue weighted by Gasteiger charge is -2.02. The van der Waals surface area contributed by atoms with Gasteiger partial charge in [-0.25, -0.2) is 4.98 Å². The van der Waals surface area contributed by atoms with Crippen LogP contribution in [0.4, 0.5) is 11.4 Å².